The zero-order valence-corrected chi connectivity index (χ0v) is 27.4. The summed E-state index contributed by atoms with van der Waals surface area (Å²) in [6.45, 7) is 1.99. The molecule has 0 aliphatic rings. The van der Waals surface area contributed by atoms with Crippen molar-refractivity contribution in [3.8, 4) is 17.0 Å². The molecule has 232 valence electrons. The van der Waals surface area contributed by atoms with Crippen molar-refractivity contribution < 1.29 is 22.3 Å². The molecule has 1 unspecified atom stereocenters. The molecule has 0 radical (unpaired) electrons. The lowest BCUT2D eigenvalue weighted by Gasteiger charge is -2.12. The fourth-order valence-corrected chi connectivity index (χ4v) is 6.37. The Bertz CT molecular complexity index is 2160. The van der Waals surface area contributed by atoms with E-state index in [0.717, 1.165) is 32.2 Å². The molecule has 3 aromatic carbocycles. The van der Waals surface area contributed by atoms with Crippen LogP contribution in [0.3, 0.4) is 0 Å². The smallest absolute Gasteiger partial charge is 0.241 e. The summed E-state index contributed by atoms with van der Waals surface area (Å²) < 4.78 is 49.7. The number of ether oxygens (including phenoxy) is 2. The number of anilines is 2. The average molecular weight is 719 g/mol. The predicted octanol–water partition coefficient (Wildman–Crippen LogP) is 7.70. The van der Waals surface area contributed by atoms with Crippen LogP contribution in [0.15, 0.2) is 101 Å². The fraction of sp³-hybridized carbons (Fsp3) is 0.121. The van der Waals surface area contributed by atoms with Crippen LogP contribution in [0.5, 0.6) is 5.75 Å². The molecule has 0 aliphatic carbocycles. The summed E-state index contributed by atoms with van der Waals surface area (Å²) in [4.78, 5) is 17.8. The lowest BCUT2D eigenvalue weighted by Crippen LogP contribution is -2.13. The highest BCUT2D eigenvalue weighted by atomic mass is 79.9. The van der Waals surface area contributed by atoms with E-state index in [9.17, 15) is 12.8 Å². The first-order valence-electron chi connectivity index (χ1n) is 14.0. The summed E-state index contributed by atoms with van der Waals surface area (Å²) >= 11 is 4.95. The zero-order valence-electron chi connectivity index (χ0n) is 24.2. The lowest BCUT2D eigenvalue weighted by atomic mass is 10.1. The van der Waals surface area contributed by atoms with Crippen LogP contribution in [0.2, 0.25) is 0 Å². The summed E-state index contributed by atoms with van der Waals surface area (Å²) in [5.74, 6) is 0.911. The van der Waals surface area contributed by atoms with Crippen LogP contribution in [-0.2, 0) is 28.1 Å². The quantitative estimate of drug-likeness (QED) is 0.142. The van der Waals surface area contributed by atoms with Gasteiger partial charge in [-0.1, -0.05) is 24.3 Å². The Labute approximate surface area is 277 Å². The van der Waals surface area contributed by atoms with Gasteiger partial charge in [0, 0.05) is 33.9 Å². The van der Waals surface area contributed by atoms with Crippen LogP contribution in [0.1, 0.15) is 29.3 Å². The highest BCUT2D eigenvalue weighted by molar-refractivity contribution is 9.10. The van der Waals surface area contributed by atoms with Crippen molar-refractivity contribution in [3.63, 3.8) is 0 Å². The van der Waals surface area contributed by atoms with Crippen LogP contribution >= 0.6 is 27.3 Å². The number of aromatic nitrogens is 4. The summed E-state index contributed by atoms with van der Waals surface area (Å²) in [5, 5.41) is 6.58. The molecule has 0 amide bonds. The number of hydrogen-bond acceptors (Lipinski definition) is 10. The van der Waals surface area contributed by atoms with Crippen molar-refractivity contribution in [2.75, 3.05) is 5.32 Å². The average Bonchev–Trinajstić information content (AvgIpc) is 3.55. The molecule has 6 rings (SSSR count). The normalized spacial score (nSPS) is 11.7. The van der Waals surface area contributed by atoms with Gasteiger partial charge in [0.25, 0.3) is 0 Å². The third-order valence-corrected chi connectivity index (χ3v) is 9.06. The number of pyridine rings is 1. The van der Waals surface area contributed by atoms with Crippen LogP contribution in [0.25, 0.3) is 22.2 Å². The van der Waals surface area contributed by atoms with Gasteiger partial charge in [0.2, 0.25) is 10.3 Å². The number of nitrogens with zero attached hydrogens (tertiary/aromatic N) is 4. The SMILES string of the molecule is CC(OC(Cc1ccccn1)=S(=O)=O)c1nc(-c2ccc3ncnc(Nc4ccc(OCc5cccc(F)c5)c(Br)c4)c3c2)cs1. The van der Waals surface area contributed by atoms with E-state index in [2.05, 4.69) is 36.2 Å². The molecule has 9 nitrogen and oxygen atoms in total. The van der Waals surface area contributed by atoms with Gasteiger partial charge < -0.3 is 14.8 Å². The van der Waals surface area contributed by atoms with Gasteiger partial charge in [0.15, 0.2) is 5.05 Å². The number of halogens is 2. The Balaban J connectivity index is 1.18. The van der Waals surface area contributed by atoms with E-state index in [-0.39, 0.29) is 23.9 Å². The maximum absolute atomic E-state index is 13.5. The van der Waals surface area contributed by atoms with E-state index in [0.29, 0.717) is 28.0 Å². The van der Waals surface area contributed by atoms with Crippen LogP contribution < -0.4 is 10.1 Å². The van der Waals surface area contributed by atoms with Gasteiger partial charge in [-0.05, 0) is 83.0 Å². The number of benzene rings is 3. The third-order valence-electron chi connectivity index (χ3n) is 6.82. The Kier molecular flexibility index (Phi) is 9.73. The second-order valence-corrected chi connectivity index (χ2v) is 12.7. The first kappa shape index (κ1) is 31.4. The first-order valence-corrected chi connectivity index (χ1v) is 16.7. The van der Waals surface area contributed by atoms with Gasteiger partial charge in [-0.25, -0.2) is 19.3 Å². The van der Waals surface area contributed by atoms with Gasteiger partial charge in [-0.15, -0.1) is 11.3 Å². The monoisotopic (exact) mass is 717 g/mol. The Morgan fingerprint density at radius 2 is 1.91 bits per heavy atom. The van der Waals surface area contributed by atoms with Crippen LogP contribution in [0, 0.1) is 5.82 Å². The topological polar surface area (TPSA) is 116 Å². The highest BCUT2D eigenvalue weighted by Crippen LogP contribution is 2.34. The Morgan fingerprint density at radius 1 is 1.02 bits per heavy atom. The maximum atomic E-state index is 13.5. The molecule has 3 aromatic heterocycles. The van der Waals surface area contributed by atoms with Crippen molar-refractivity contribution in [2.45, 2.75) is 26.1 Å². The van der Waals surface area contributed by atoms with E-state index in [4.69, 9.17) is 14.5 Å². The molecular weight excluding hydrogens is 693 g/mol. The molecule has 0 saturated carbocycles. The molecule has 1 atom stereocenters. The predicted molar refractivity (Wildman–Crippen MR) is 180 cm³/mol. The second-order valence-electron chi connectivity index (χ2n) is 10.1. The molecule has 0 spiro atoms. The minimum Gasteiger partial charge on any atom is -0.488 e. The number of nitrogens with one attached hydrogen (secondary N) is 1. The number of thiazole rings is 1. The van der Waals surface area contributed by atoms with E-state index in [1.807, 2.05) is 41.8 Å². The zero-order chi connectivity index (χ0) is 32.0. The van der Waals surface area contributed by atoms with Crippen LogP contribution in [0.4, 0.5) is 15.9 Å². The largest absolute Gasteiger partial charge is 0.488 e. The second kappa shape index (κ2) is 14.3. The molecule has 0 aliphatic heterocycles. The fourth-order valence-electron chi connectivity index (χ4n) is 4.58. The molecule has 46 heavy (non-hydrogen) atoms. The number of rotatable bonds is 10. The number of hydrogen-bond donors (Lipinski definition) is 1. The van der Waals surface area contributed by atoms with Crippen molar-refractivity contribution in [3.05, 3.63) is 123 Å². The standard InChI is InChI=1S/C33H25BrFN5O4S2/c1-20(44-31(46(41)42)16-24-7-2-3-12-36-24)33-40-29(18-45-33)22-8-10-28-26(14-22)32(38-19-37-28)39-25-9-11-30(27(34)15-25)43-17-21-5-4-6-23(35)13-21/h2-15,18-20H,16-17H2,1H3,(H,37,38,39). The first-order chi connectivity index (χ1) is 22.3. The van der Waals surface area contributed by atoms with Crippen LogP contribution in [-0.4, -0.2) is 33.4 Å². The molecule has 0 fully saturated rings. The summed E-state index contributed by atoms with van der Waals surface area (Å²) in [7, 11) is -2.54. The molecule has 3 heterocycles. The molecule has 0 saturated heterocycles. The molecule has 6 aromatic rings. The van der Waals surface area contributed by atoms with Crippen molar-refractivity contribution in [1.82, 2.24) is 19.9 Å². The summed E-state index contributed by atoms with van der Waals surface area (Å²) in [5.41, 5.74) is 4.39. The Hall–Kier alpha value is -4.56. The number of fused-ring (bicyclic) bond motifs is 1. The van der Waals surface area contributed by atoms with Gasteiger partial charge in [0.1, 0.15) is 41.4 Å². The molecule has 13 heteroatoms. The van der Waals surface area contributed by atoms with E-state index in [1.165, 1.54) is 29.8 Å². The highest BCUT2D eigenvalue weighted by Gasteiger charge is 2.18. The van der Waals surface area contributed by atoms with Gasteiger partial charge in [-0.3, -0.25) is 4.98 Å². The van der Waals surface area contributed by atoms with Crippen molar-refractivity contribution in [2.24, 2.45) is 0 Å². The molecule has 1 N–H and O–H groups in total. The molecular formula is C33H25BrFN5O4S2. The third kappa shape index (κ3) is 7.62. The minimum atomic E-state index is -2.54. The minimum absolute atomic E-state index is 0.0568. The van der Waals surface area contributed by atoms with E-state index >= 15 is 0 Å². The van der Waals surface area contributed by atoms with Gasteiger partial charge in [0.05, 0.1) is 22.1 Å². The van der Waals surface area contributed by atoms with Crippen molar-refractivity contribution >= 4 is 65.0 Å². The van der Waals surface area contributed by atoms with Gasteiger partial charge >= 0.3 is 0 Å². The lowest BCUT2D eigenvalue weighted by molar-refractivity contribution is 0.213. The van der Waals surface area contributed by atoms with E-state index < -0.39 is 16.4 Å². The summed E-state index contributed by atoms with van der Waals surface area (Å²) in [6.07, 6.45) is 2.57. The Morgan fingerprint density at radius 3 is 2.70 bits per heavy atom. The van der Waals surface area contributed by atoms with Crippen molar-refractivity contribution in [1.29, 1.82) is 0 Å². The molecule has 0 bridgehead atoms. The van der Waals surface area contributed by atoms with E-state index in [1.54, 1.807) is 43.5 Å². The maximum Gasteiger partial charge on any atom is 0.241 e. The summed E-state index contributed by atoms with van der Waals surface area (Å²) in [6, 6.07) is 22.9. The van der Waals surface area contributed by atoms with Gasteiger partial charge in [-0.2, -0.15) is 8.42 Å².